The second-order valence-electron chi connectivity index (χ2n) is 5.49. The van der Waals surface area contributed by atoms with E-state index in [2.05, 4.69) is 20.3 Å². The normalized spacial score (nSPS) is 12.0. The van der Waals surface area contributed by atoms with Gasteiger partial charge in [0.25, 0.3) is 0 Å². The monoisotopic (exact) mass is 379 g/mol. The summed E-state index contributed by atoms with van der Waals surface area (Å²) in [5.41, 5.74) is 1.92. The summed E-state index contributed by atoms with van der Waals surface area (Å²) in [6.45, 7) is -1.11. The van der Waals surface area contributed by atoms with Crippen molar-refractivity contribution in [3.63, 3.8) is 0 Å². The fourth-order valence-electron chi connectivity index (χ4n) is 2.68. The highest BCUT2D eigenvalue weighted by atomic mass is 32.1. The first-order chi connectivity index (χ1) is 12.4. The highest BCUT2D eigenvalue weighted by Gasteiger charge is 2.29. The van der Waals surface area contributed by atoms with Crippen LogP contribution in [0, 0.1) is 0 Å². The second kappa shape index (κ2) is 6.13. The predicted molar refractivity (Wildman–Crippen MR) is 93.0 cm³/mol. The lowest BCUT2D eigenvalue weighted by atomic mass is 10.3. The van der Waals surface area contributed by atoms with Gasteiger partial charge in [-0.25, -0.2) is 9.97 Å². The highest BCUT2D eigenvalue weighted by Crippen LogP contribution is 2.35. The topological polar surface area (TPSA) is 64.9 Å². The molecule has 0 atom stereocenters. The van der Waals surface area contributed by atoms with Crippen molar-refractivity contribution in [3.8, 4) is 5.75 Å². The van der Waals surface area contributed by atoms with E-state index in [0.29, 0.717) is 33.1 Å². The summed E-state index contributed by atoms with van der Waals surface area (Å²) < 4.78 is 45.6. The summed E-state index contributed by atoms with van der Waals surface area (Å²) >= 11 is 1.33. The number of alkyl halides is 3. The first kappa shape index (κ1) is 16.6. The SMILES string of the molecule is COc1ccncc1Nc1nc2c(ccc3ncn(CC(F)(F)F)c32)s1. The van der Waals surface area contributed by atoms with Gasteiger partial charge in [0.2, 0.25) is 0 Å². The summed E-state index contributed by atoms with van der Waals surface area (Å²) in [7, 11) is 1.54. The van der Waals surface area contributed by atoms with E-state index in [1.165, 1.54) is 24.8 Å². The number of imidazole rings is 1. The first-order valence-electron chi connectivity index (χ1n) is 7.51. The molecule has 3 aromatic heterocycles. The molecular formula is C16H12F3N5OS. The number of hydrogen-bond donors (Lipinski definition) is 1. The van der Waals surface area contributed by atoms with E-state index in [4.69, 9.17) is 4.74 Å². The molecule has 10 heteroatoms. The third-order valence-corrected chi connectivity index (χ3v) is 4.66. The van der Waals surface area contributed by atoms with Gasteiger partial charge in [-0.15, -0.1) is 0 Å². The number of anilines is 2. The van der Waals surface area contributed by atoms with Gasteiger partial charge in [0, 0.05) is 12.3 Å². The molecule has 6 nitrogen and oxygen atoms in total. The third kappa shape index (κ3) is 3.03. The number of aromatic nitrogens is 4. The van der Waals surface area contributed by atoms with E-state index in [-0.39, 0.29) is 0 Å². The smallest absolute Gasteiger partial charge is 0.406 e. The molecule has 0 unspecified atom stereocenters. The van der Waals surface area contributed by atoms with Gasteiger partial charge in [-0.2, -0.15) is 13.2 Å². The van der Waals surface area contributed by atoms with Crippen LogP contribution in [0.25, 0.3) is 21.3 Å². The number of thiazole rings is 1. The number of nitrogens with one attached hydrogen (secondary N) is 1. The number of ether oxygens (including phenoxy) is 1. The van der Waals surface area contributed by atoms with Crippen LogP contribution in [0.1, 0.15) is 0 Å². The molecule has 0 aliphatic carbocycles. The summed E-state index contributed by atoms with van der Waals surface area (Å²) in [5.74, 6) is 0.589. The Balaban J connectivity index is 1.79. The van der Waals surface area contributed by atoms with Crippen LogP contribution >= 0.6 is 11.3 Å². The Labute approximate surface area is 149 Å². The Morgan fingerprint density at radius 2 is 2.12 bits per heavy atom. The second-order valence-corrected chi connectivity index (χ2v) is 6.52. The van der Waals surface area contributed by atoms with Crippen molar-refractivity contribution in [2.45, 2.75) is 12.7 Å². The molecule has 0 fully saturated rings. The van der Waals surface area contributed by atoms with Crippen molar-refractivity contribution >= 4 is 43.4 Å². The minimum Gasteiger partial charge on any atom is -0.494 e. The maximum absolute atomic E-state index is 12.8. The third-order valence-electron chi connectivity index (χ3n) is 3.73. The van der Waals surface area contributed by atoms with Crippen LogP contribution in [-0.2, 0) is 6.54 Å². The van der Waals surface area contributed by atoms with E-state index in [9.17, 15) is 13.2 Å². The number of methoxy groups -OCH3 is 1. The van der Waals surface area contributed by atoms with Crippen LogP contribution in [0.5, 0.6) is 5.75 Å². The lowest BCUT2D eigenvalue weighted by Gasteiger charge is -2.08. The van der Waals surface area contributed by atoms with Gasteiger partial charge in [-0.3, -0.25) is 4.98 Å². The van der Waals surface area contributed by atoms with E-state index in [1.54, 1.807) is 30.6 Å². The van der Waals surface area contributed by atoms with Gasteiger partial charge >= 0.3 is 6.18 Å². The van der Waals surface area contributed by atoms with E-state index in [1.807, 2.05) is 0 Å². The van der Waals surface area contributed by atoms with Gasteiger partial charge in [0.15, 0.2) is 5.13 Å². The number of hydrogen-bond acceptors (Lipinski definition) is 6. The van der Waals surface area contributed by atoms with Gasteiger partial charge < -0.3 is 14.6 Å². The number of fused-ring (bicyclic) bond motifs is 3. The molecule has 0 aliphatic heterocycles. The van der Waals surface area contributed by atoms with Crippen molar-refractivity contribution in [2.24, 2.45) is 0 Å². The standard InChI is InChI=1S/C16H12F3N5OS/c1-25-11-4-5-20-6-10(11)22-15-23-13-12(26-15)3-2-9-14(13)24(8-21-9)7-16(17,18)19/h2-6,8H,7H2,1H3,(H,22,23). The predicted octanol–water partition coefficient (Wildman–Crippen LogP) is 4.36. The maximum Gasteiger partial charge on any atom is 0.406 e. The van der Waals surface area contributed by atoms with Gasteiger partial charge in [-0.1, -0.05) is 11.3 Å². The van der Waals surface area contributed by atoms with Crippen molar-refractivity contribution in [3.05, 3.63) is 36.9 Å². The molecule has 0 aliphatic rings. The Morgan fingerprint density at radius 1 is 1.27 bits per heavy atom. The zero-order chi connectivity index (χ0) is 18.3. The molecule has 1 N–H and O–H groups in total. The summed E-state index contributed by atoms with van der Waals surface area (Å²) in [5, 5.41) is 3.63. The average Bonchev–Trinajstić information content (AvgIpc) is 3.17. The number of rotatable bonds is 4. The van der Waals surface area contributed by atoms with Crippen LogP contribution in [0.3, 0.4) is 0 Å². The van der Waals surface area contributed by atoms with Crippen molar-refractivity contribution in [2.75, 3.05) is 12.4 Å². The fraction of sp³-hybridized carbons (Fsp3) is 0.188. The molecule has 0 saturated heterocycles. The zero-order valence-corrected chi connectivity index (χ0v) is 14.2. The fourth-order valence-corrected chi connectivity index (χ4v) is 3.56. The van der Waals surface area contributed by atoms with Crippen molar-refractivity contribution in [1.29, 1.82) is 0 Å². The van der Waals surface area contributed by atoms with Crippen LogP contribution < -0.4 is 10.1 Å². The minimum atomic E-state index is -4.34. The molecule has 0 amide bonds. The van der Waals surface area contributed by atoms with Crippen LogP contribution in [0.4, 0.5) is 24.0 Å². The molecule has 1 aromatic carbocycles. The molecule has 0 radical (unpaired) electrons. The zero-order valence-electron chi connectivity index (χ0n) is 13.4. The van der Waals surface area contributed by atoms with Crippen molar-refractivity contribution in [1.82, 2.24) is 19.5 Å². The molecule has 4 aromatic rings. The highest BCUT2D eigenvalue weighted by molar-refractivity contribution is 7.22. The van der Waals surface area contributed by atoms with Gasteiger partial charge in [0.1, 0.15) is 23.5 Å². The maximum atomic E-state index is 12.8. The molecule has 0 bridgehead atoms. The molecule has 4 rings (SSSR count). The first-order valence-corrected chi connectivity index (χ1v) is 8.32. The summed E-state index contributed by atoms with van der Waals surface area (Å²) in [4.78, 5) is 12.6. The Bertz CT molecular complexity index is 1090. The van der Waals surface area contributed by atoms with Crippen molar-refractivity contribution < 1.29 is 17.9 Å². The largest absolute Gasteiger partial charge is 0.494 e. The average molecular weight is 379 g/mol. The lowest BCUT2D eigenvalue weighted by Crippen LogP contribution is -2.16. The molecule has 134 valence electrons. The molecule has 0 spiro atoms. The van der Waals surface area contributed by atoms with Crippen LogP contribution in [0.2, 0.25) is 0 Å². The van der Waals surface area contributed by atoms with E-state index in [0.717, 1.165) is 9.27 Å². The quantitative estimate of drug-likeness (QED) is 0.571. The number of nitrogens with zero attached hydrogens (tertiary/aromatic N) is 4. The number of halogens is 3. The van der Waals surface area contributed by atoms with Crippen LogP contribution in [-0.4, -0.2) is 32.8 Å². The summed E-state index contributed by atoms with van der Waals surface area (Å²) in [6, 6.07) is 5.19. The summed E-state index contributed by atoms with van der Waals surface area (Å²) in [6.07, 6.45) is 0.0418. The molecule has 3 heterocycles. The van der Waals surface area contributed by atoms with E-state index < -0.39 is 12.7 Å². The minimum absolute atomic E-state index is 0.363. The number of pyridine rings is 1. The Morgan fingerprint density at radius 3 is 2.88 bits per heavy atom. The molecule has 0 saturated carbocycles. The lowest BCUT2D eigenvalue weighted by molar-refractivity contribution is -0.139. The Hall–Kier alpha value is -2.88. The van der Waals surface area contributed by atoms with Gasteiger partial charge in [-0.05, 0) is 12.1 Å². The Kier molecular flexibility index (Phi) is 3.91. The number of benzene rings is 1. The van der Waals surface area contributed by atoms with E-state index >= 15 is 0 Å². The van der Waals surface area contributed by atoms with Gasteiger partial charge in [0.05, 0.1) is 35.4 Å². The molecule has 26 heavy (non-hydrogen) atoms. The van der Waals surface area contributed by atoms with Crippen LogP contribution in [0.15, 0.2) is 36.9 Å². The molecular weight excluding hydrogens is 367 g/mol.